The van der Waals surface area contributed by atoms with Crippen LogP contribution in [0.3, 0.4) is 0 Å². The monoisotopic (exact) mass is 358 g/mol. The topological polar surface area (TPSA) is 24.9 Å². The molecule has 2 nitrogen and oxygen atoms in total. The highest BCUT2D eigenvalue weighted by atomic mass is 127. The first-order valence-electron chi connectivity index (χ1n) is 5.25. The molecule has 0 fully saturated rings. The van der Waals surface area contributed by atoms with Crippen LogP contribution in [0, 0.1) is 10.5 Å². The summed E-state index contributed by atoms with van der Waals surface area (Å²) in [5.41, 5.74) is 3.37. The number of halogens is 2. The summed E-state index contributed by atoms with van der Waals surface area (Å²) in [5.74, 6) is 0. The summed E-state index contributed by atoms with van der Waals surface area (Å²) in [5, 5.41) is 4.07. The van der Waals surface area contributed by atoms with Crippen molar-refractivity contribution in [1.29, 1.82) is 0 Å². The van der Waals surface area contributed by atoms with E-state index in [4.69, 9.17) is 11.6 Å². The van der Waals surface area contributed by atoms with E-state index in [1.807, 2.05) is 30.5 Å². The van der Waals surface area contributed by atoms with Crippen molar-refractivity contribution in [2.45, 2.75) is 13.5 Å². The van der Waals surface area contributed by atoms with E-state index in [0.717, 1.165) is 20.8 Å². The summed E-state index contributed by atoms with van der Waals surface area (Å²) in [6.07, 6.45) is 3.68. The molecular formula is C13H12ClIN2. The van der Waals surface area contributed by atoms with Crippen molar-refractivity contribution in [2.24, 2.45) is 0 Å². The van der Waals surface area contributed by atoms with Gasteiger partial charge in [0.05, 0.1) is 10.7 Å². The number of benzene rings is 1. The Morgan fingerprint density at radius 2 is 2.18 bits per heavy atom. The average molecular weight is 359 g/mol. The fraction of sp³-hybridized carbons (Fsp3) is 0.154. The van der Waals surface area contributed by atoms with Gasteiger partial charge in [-0.15, -0.1) is 0 Å². The maximum absolute atomic E-state index is 6.15. The van der Waals surface area contributed by atoms with E-state index in [1.165, 1.54) is 11.1 Å². The molecule has 0 radical (unpaired) electrons. The number of hydrogen-bond acceptors (Lipinski definition) is 2. The van der Waals surface area contributed by atoms with E-state index in [-0.39, 0.29) is 0 Å². The second kappa shape index (κ2) is 5.69. The molecule has 0 bridgehead atoms. The average Bonchev–Trinajstić information content (AvgIpc) is 2.30. The molecule has 0 aliphatic rings. The smallest absolute Gasteiger partial charge is 0.0648 e. The standard InChI is InChI=1S/C13H12ClIN2/c1-9-4-5-16-7-10(9)8-17-13-3-2-11(15)6-12(13)14/h2-7,17H,8H2,1H3. The number of pyridine rings is 1. The number of rotatable bonds is 3. The van der Waals surface area contributed by atoms with Crippen LogP contribution in [-0.2, 0) is 6.54 Å². The third-order valence-electron chi connectivity index (χ3n) is 2.55. The molecule has 1 N–H and O–H groups in total. The summed E-state index contributed by atoms with van der Waals surface area (Å²) in [7, 11) is 0. The molecule has 0 saturated heterocycles. The second-order valence-electron chi connectivity index (χ2n) is 3.78. The summed E-state index contributed by atoms with van der Waals surface area (Å²) >= 11 is 8.40. The van der Waals surface area contributed by atoms with Crippen molar-refractivity contribution in [3.63, 3.8) is 0 Å². The van der Waals surface area contributed by atoms with E-state index in [0.29, 0.717) is 0 Å². The number of nitrogens with one attached hydrogen (secondary N) is 1. The zero-order valence-electron chi connectivity index (χ0n) is 9.37. The Kier molecular flexibility index (Phi) is 4.23. The lowest BCUT2D eigenvalue weighted by Gasteiger charge is -2.10. The van der Waals surface area contributed by atoms with Gasteiger partial charge in [0, 0.05) is 22.5 Å². The van der Waals surface area contributed by atoms with E-state index >= 15 is 0 Å². The first-order chi connectivity index (χ1) is 8.16. The van der Waals surface area contributed by atoms with Crippen molar-refractivity contribution in [3.05, 3.63) is 56.4 Å². The molecule has 2 aromatic rings. The molecular weight excluding hydrogens is 347 g/mol. The zero-order chi connectivity index (χ0) is 12.3. The van der Waals surface area contributed by atoms with Crippen molar-refractivity contribution in [3.8, 4) is 0 Å². The van der Waals surface area contributed by atoms with Crippen LogP contribution in [0.2, 0.25) is 5.02 Å². The Morgan fingerprint density at radius 1 is 1.35 bits per heavy atom. The lowest BCUT2D eigenvalue weighted by molar-refractivity contribution is 1.08. The van der Waals surface area contributed by atoms with Crippen LogP contribution in [0.25, 0.3) is 0 Å². The van der Waals surface area contributed by atoms with Crippen LogP contribution in [0.1, 0.15) is 11.1 Å². The summed E-state index contributed by atoms with van der Waals surface area (Å²) in [6.45, 7) is 2.81. The van der Waals surface area contributed by atoms with Gasteiger partial charge in [0.2, 0.25) is 0 Å². The van der Waals surface area contributed by atoms with Crippen LogP contribution in [0.4, 0.5) is 5.69 Å². The van der Waals surface area contributed by atoms with Crippen molar-refractivity contribution >= 4 is 39.9 Å². The number of nitrogens with zero attached hydrogens (tertiary/aromatic N) is 1. The van der Waals surface area contributed by atoms with E-state index < -0.39 is 0 Å². The molecule has 0 atom stereocenters. The second-order valence-corrected chi connectivity index (χ2v) is 5.43. The van der Waals surface area contributed by atoms with Gasteiger partial charge in [-0.25, -0.2) is 0 Å². The first-order valence-corrected chi connectivity index (χ1v) is 6.71. The molecule has 17 heavy (non-hydrogen) atoms. The molecule has 4 heteroatoms. The quantitative estimate of drug-likeness (QED) is 0.829. The molecule has 88 valence electrons. The number of aromatic nitrogens is 1. The predicted octanol–water partition coefficient (Wildman–Crippen LogP) is 4.26. The van der Waals surface area contributed by atoms with Gasteiger partial charge >= 0.3 is 0 Å². The highest BCUT2D eigenvalue weighted by Gasteiger charge is 2.02. The highest BCUT2D eigenvalue weighted by Crippen LogP contribution is 2.24. The minimum absolute atomic E-state index is 0.736. The molecule has 2 rings (SSSR count). The normalized spacial score (nSPS) is 10.3. The van der Waals surface area contributed by atoms with Gasteiger partial charge in [-0.05, 0) is 64.9 Å². The highest BCUT2D eigenvalue weighted by molar-refractivity contribution is 14.1. The molecule has 0 aliphatic carbocycles. The molecule has 1 heterocycles. The van der Waals surface area contributed by atoms with Gasteiger partial charge in [-0.3, -0.25) is 4.98 Å². The SMILES string of the molecule is Cc1ccncc1CNc1ccc(I)cc1Cl. The van der Waals surface area contributed by atoms with Gasteiger partial charge in [-0.2, -0.15) is 0 Å². The zero-order valence-corrected chi connectivity index (χ0v) is 12.3. The molecule has 1 aromatic carbocycles. The van der Waals surface area contributed by atoms with E-state index in [1.54, 1.807) is 6.20 Å². The molecule has 0 amide bonds. The Balaban J connectivity index is 2.10. The number of hydrogen-bond donors (Lipinski definition) is 1. The van der Waals surface area contributed by atoms with Crippen LogP contribution in [-0.4, -0.2) is 4.98 Å². The lowest BCUT2D eigenvalue weighted by Crippen LogP contribution is -2.02. The predicted molar refractivity (Wildman–Crippen MR) is 80.5 cm³/mol. The van der Waals surface area contributed by atoms with Gasteiger partial charge in [-0.1, -0.05) is 11.6 Å². The largest absolute Gasteiger partial charge is 0.380 e. The number of aryl methyl sites for hydroxylation is 1. The fourth-order valence-electron chi connectivity index (χ4n) is 1.51. The van der Waals surface area contributed by atoms with Gasteiger partial charge in [0.25, 0.3) is 0 Å². The maximum atomic E-state index is 6.15. The Morgan fingerprint density at radius 3 is 2.88 bits per heavy atom. The van der Waals surface area contributed by atoms with Crippen LogP contribution < -0.4 is 5.32 Å². The van der Waals surface area contributed by atoms with Crippen molar-refractivity contribution in [2.75, 3.05) is 5.32 Å². The van der Waals surface area contributed by atoms with Crippen molar-refractivity contribution < 1.29 is 0 Å². The van der Waals surface area contributed by atoms with Gasteiger partial charge in [0.15, 0.2) is 0 Å². The van der Waals surface area contributed by atoms with Crippen LogP contribution in [0.5, 0.6) is 0 Å². The summed E-state index contributed by atoms with van der Waals surface area (Å²) in [4.78, 5) is 4.12. The maximum Gasteiger partial charge on any atom is 0.0648 e. The van der Waals surface area contributed by atoms with Crippen LogP contribution in [0.15, 0.2) is 36.7 Å². The summed E-state index contributed by atoms with van der Waals surface area (Å²) in [6, 6.07) is 7.98. The Labute approximate surface area is 120 Å². The molecule has 0 unspecified atom stereocenters. The van der Waals surface area contributed by atoms with E-state index in [9.17, 15) is 0 Å². The molecule has 1 aromatic heterocycles. The fourth-order valence-corrected chi connectivity index (χ4v) is 2.43. The molecule has 0 saturated carbocycles. The third kappa shape index (κ3) is 3.33. The third-order valence-corrected chi connectivity index (χ3v) is 3.53. The van der Waals surface area contributed by atoms with Gasteiger partial charge in [0.1, 0.15) is 0 Å². The molecule has 0 spiro atoms. The molecule has 0 aliphatic heterocycles. The lowest BCUT2D eigenvalue weighted by atomic mass is 10.1. The van der Waals surface area contributed by atoms with Gasteiger partial charge < -0.3 is 5.32 Å². The Hall–Kier alpha value is -0.810. The minimum Gasteiger partial charge on any atom is -0.380 e. The first kappa shape index (κ1) is 12.6. The summed E-state index contributed by atoms with van der Waals surface area (Å²) < 4.78 is 1.13. The van der Waals surface area contributed by atoms with Crippen LogP contribution >= 0.6 is 34.2 Å². The van der Waals surface area contributed by atoms with E-state index in [2.05, 4.69) is 39.8 Å². The Bertz CT molecular complexity index is 529. The number of anilines is 1. The minimum atomic E-state index is 0.736. The van der Waals surface area contributed by atoms with Crippen molar-refractivity contribution in [1.82, 2.24) is 4.98 Å².